The Morgan fingerprint density at radius 1 is 1.15 bits per heavy atom. The molecule has 0 aromatic heterocycles. The van der Waals surface area contributed by atoms with Crippen LogP contribution in [-0.2, 0) is 11.3 Å². The first kappa shape index (κ1) is 20.5. The summed E-state index contributed by atoms with van der Waals surface area (Å²) in [4.78, 5) is 24.6. The summed E-state index contributed by atoms with van der Waals surface area (Å²) in [6.07, 6.45) is 0. The van der Waals surface area contributed by atoms with Gasteiger partial charge in [0.05, 0.1) is 11.3 Å². The molecule has 0 spiro atoms. The molecule has 4 N–H and O–H groups in total. The Balaban J connectivity index is 0.00000261. The molecule has 0 bridgehead atoms. The Labute approximate surface area is 163 Å². The molecule has 8 heteroatoms. The first-order valence-electron chi connectivity index (χ1n) is 8.35. The van der Waals surface area contributed by atoms with E-state index < -0.39 is 0 Å². The van der Waals surface area contributed by atoms with Crippen molar-refractivity contribution < 1.29 is 19.1 Å². The Bertz CT molecular complexity index is 828. The number of rotatable bonds is 6. The molecule has 2 aromatic rings. The van der Waals surface area contributed by atoms with Crippen LogP contribution in [0.4, 0.5) is 5.69 Å². The predicted molar refractivity (Wildman–Crippen MR) is 104 cm³/mol. The van der Waals surface area contributed by atoms with Crippen LogP contribution in [0, 0.1) is 5.92 Å². The summed E-state index contributed by atoms with van der Waals surface area (Å²) >= 11 is 0. The summed E-state index contributed by atoms with van der Waals surface area (Å²) in [5.41, 5.74) is 7.26. The van der Waals surface area contributed by atoms with Crippen molar-refractivity contribution in [2.45, 2.75) is 13.5 Å². The first-order chi connectivity index (χ1) is 12.6. The van der Waals surface area contributed by atoms with Gasteiger partial charge in [0.2, 0.25) is 12.7 Å². The minimum Gasteiger partial charge on any atom is -0.454 e. The Kier molecular flexibility index (Phi) is 7.04. The summed E-state index contributed by atoms with van der Waals surface area (Å²) in [5.74, 6) is 0.532. The van der Waals surface area contributed by atoms with Crippen LogP contribution in [0.1, 0.15) is 22.8 Å². The monoisotopic (exact) mass is 391 g/mol. The van der Waals surface area contributed by atoms with E-state index in [4.69, 9.17) is 15.2 Å². The van der Waals surface area contributed by atoms with E-state index in [2.05, 4.69) is 10.6 Å². The Morgan fingerprint density at radius 2 is 1.89 bits per heavy atom. The molecule has 27 heavy (non-hydrogen) atoms. The zero-order valence-electron chi connectivity index (χ0n) is 14.9. The highest BCUT2D eigenvalue weighted by Crippen LogP contribution is 2.32. The maximum atomic E-state index is 12.6. The lowest BCUT2D eigenvalue weighted by atomic mass is 10.1. The Hall–Kier alpha value is -2.77. The molecule has 1 unspecified atom stereocenters. The summed E-state index contributed by atoms with van der Waals surface area (Å²) in [6.45, 7) is 2.51. The molecule has 144 valence electrons. The maximum Gasteiger partial charge on any atom is 0.253 e. The number of para-hydroxylation sites is 1. The van der Waals surface area contributed by atoms with E-state index in [0.29, 0.717) is 29.3 Å². The molecule has 1 heterocycles. The number of amides is 2. The van der Waals surface area contributed by atoms with Crippen molar-refractivity contribution >= 4 is 29.9 Å². The average Bonchev–Trinajstić information content (AvgIpc) is 3.13. The highest BCUT2D eigenvalue weighted by molar-refractivity contribution is 6.04. The third kappa shape index (κ3) is 4.90. The summed E-state index contributed by atoms with van der Waals surface area (Å²) in [6, 6.07) is 12.4. The quantitative estimate of drug-likeness (QED) is 0.701. The normalized spacial score (nSPS) is 12.7. The van der Waals surface area contributed by atoms with E-state index in [1.54, 1.807) is 31.2 Å². The molecular formula is C19H22ClN3O4. The fourth-order valence-corrected chi connectivity index (χ4v) is 2.48. The summed E-state index contributed by atoms with van der Waals surface area (Å²) in [5, 5.41) is 5.61. The molecule has 1 atom stereocenters. The lowest BCUT2D eigenvalue weighted by molar-refractivity contribution is -0.119. The van der Waals surface area contributed by atoms with Crippen molar-refractivity contribution in [3.8, 4) is 11.5 Å². The van der Waals surface area contributed by atoms with E-state index in [1.807, 2.05) is 18.2 Å². The zero-order chi connectivity index (χ0) is 18.5. The maximum absolute atomic E-state index is 12.6. The van der Waals surface area contributed by atoms with Gasteiger partial charge in [0.1, 0.15) is 0 Å². The van der Waals surface area contributed by atoms with Gasteiger partial charge in [-0.05, 0) is 29.8 Å². The molecule has 0 radical (unpaired) electrons. The topological polar surface area (TPSA) is 103 Å². The number of nitrogens with two attached hydrogens (primary N) is 1. The van der Waals surface area contributed by atoms with Crippen LogP contribution < -0.4 is 25.8 Å². The van der Waals surface area contributed by atoms with Crippen LogP contribution in [-0.4, -0.2) is 25.2 Å². The number of benzene rings is 2. The lowest BCUT2D eigenvalue weighted by Gasteiger charge is -2.14. The van der Waals surface area contributed by atoms with Gasteiger partial charge in [0, 0.05) is 19.0 Å². The second kappa shape index (κ2) is 9.25. The molecule has 1 aliphatic rings. The molecule has 0 aliphatic carbocycles. The van der Waals surface area contributed by atoms with Crippen molar-refractivity contribution in [3.05, 3.63) is 53.6 Å². The lowest BCUT2D eigenvalue weighted by Crippen LogP contribution is -2.29. The van der Waals surface area contributed by atoms with E-state index in [0.717, 1.165) is 5.56 Å². The molecule has 7 nitrogen and oxygen atoms in total. The van der Waals surface area contributed by atoms with Crippen molar-refractivity contribution in [1.29, 1.82) is 0 Å². The summed E-state index contributed by atoms with van der Waals surface area (Å²) in [7, 11) is 0. The van der Waals surface area contributed by atoms with Gasteiger partial charge in [-0.3, -0.25) is 9.59 Å². The molecule has 0 saturated carbocycles. The third-order valence-electron chi connectivity index (χ3n) is 4.12. The predicted octanol–water partition coefficient (Wildman–Crippen LogP) is 2.30. The minimum absolute atomic E-state index is 0. The van der Waals surface area contributed by atoms with Gasteiger partial charge in [-0.1, -0.05) is 25.1 Å². The fourth-order valence-electron chi connectivity index (χ4n) is 2.48. The highest BCUT2D eigenvalue weighted by atomic mass is 35.5. The van der Waals surface area contributed by atoms with E-state index in [-0.39, 0.29) is 43.5 Å². The van der Waals surface area contributed by atoms with E-state index in [9.17, 15) is 9.59 Å². The largest absolute Gasteiger partial charge is 0.454 e. The van der Waals surface area contributed by atoms with E-state index >= 15 is 0 Å². The van der Waals surface area contributed by atoms with Gasteiger partial charge in [0.25, 0.3) is 5.91 Å². The first-order valence-corrected chi connectivity index (χ1v) is 8.35. The van der Waals surface area contributed by atoms with Gasteiger partial charge < -0.3 is 25.8 Å². The van der Waals surface area contributed by atoms with E-state index in [1.165, 1.54) is 0 Å². The molecule has 0 saturated heterocycles. The molecule has 2 aromatic carbocycles. The molecular weight excluding hydrogens is 370 g/mol. The van der Waals surface area contributed by atoms with Gasteiger partial charge in [-0.15, -0.1) is 12.4 Å². The third-order valence-corrected chi connectivity index (χ3v) is 4.12. The number of fused-ring (bicyclic) bond motifs is 1. The van der Waals surface area contributed by atoms with Gasteiger partial charge >= 0.3 is 0 Å². The van der Waals surface area contributed by atoms with Crippen molar-refractivity contribution in [2.24, 2.45) is 11.7 Å². The van der Waals surface area contributed by atoms with Crippen LogP contribution in [0.3, 0.4) is 0 Å². The van der Waals surface area contributed by atoms with Crippen molar-refractivity contribution in [1.82, 2.24) is 5.32 Å². The van der Waals surface area contributed by atoms with Gasteiger partial charge in [-0.2, -0.15) is 0 Å². The molecule has 3 rings (SSSR count). The molecule has 0 fully saturated rings. The van der Waals surface area contributed by atoms with Crippen molar-refractivity contribution in [3.63, 3.8) is 0 Å². The fraction of sp³-hybridized carbons (Fsp3) is 0.263. The smallest absolute Gasteiger partial charge is 0.253 e. The minimum atomic E-state index is -0.334. The van der Waals surface area contributed by atoms with Crippen LogP contribution in [0.2, 0.25) is 0 Å². The van der Waals surface area contributed by atoms with Crippen LogP contribution in [0.5, 0.6) is 11.5 Å². The second-order valence-electron chi connectivity index (χ2n) is 6.04. The standard InChI is InChI=1S/C19H21N3O4.ClH/c1-12(9-20)18(23)22-15-5-3-2-4-14(15)19(24)21-10-13-6-7-16-17(8-13)26-11-25-16;/h2-8,12H,9-11,20H2,1H3,(H,21,24)(H,22,23);1H. The van der Waals surface area contributed by atoms with Gasteiger partial charge in [0.15, 0.2) is 11.5 Å². The molecule has 2 amide bonds. The number of nitrogens with one attached hydrogen (secondary N) is 2. The second-order valence-corrected chi connectivity index (χ2v) is 6.04. The number of hydrogen-bond donors (Lipinski definition) is 3. The van der Waals surface area contributed by atoms with Crippen LogP contribution >= 0.6 is 12.4 Å². The summed E-state index contributed by atoms with van der Waals surface area (Å²) < 4.78 is 10.6. The Morgan fingerprint density at radius 3 is 2.67 bits per heavy atom. The number of ether oxygens (including phenoxy) is 2. The number of hydrogen-bond acceptors (Lipinski definition) is 5. The molecule has 1 aliphatic heterocycles. The average molecular weight is 392 g/mol. The number of halogens is 1. The van der Waals surface area contributed by atoms with Gasteiger partial charge in [-0.25, -0.2) is 0 Å². The van der Waals surface area contributed by atoms with Crippen molar-refractivity contribution in [2.75, 3.05) is 18.7 Å². The van der Waals surface area contributed by atoms with Crippen LogP contribution in [0.15, 0.2) is 42.5 Å². The number of carbonyl (C=O) groups excluding carboxylic acids is 2. The van der Waals surface area contributed by atoms with Crippen LogP contribution in [0.25, 0.3) is 0 Å². The zero-order valence-corrected chi connectivity index (χ0v) is 15.7. The number of carbonyl (C=O) groups is 2. The number of anilines is 1. The SMILES string of the molecule is CC(CN)C(=O)Nc1ccccc1C(=O)NCc1ccc2c(c1)OCO2.Cl. The highest BCUT2D eigenvalue weighted by Gasteiger charge is 2.17.